The Morgan fingerprint density at radius 2 is 2.08 bits per heavy atom. The van der Waals surface area contributed by atoms with Gasteiger partial charge in [0.25, 0.3) is 5.91 Å². The first-order valence-corrected chi connectivity index (χ1v) is 7.49. The molecule has 3 rings (SSSR count). The molecule has 1 aromatic heterocycles. The summed E-state index contributed by atoms with van der Waals surface area (Å²) in [7, 11) is 0. The maximum absolute atomic E-state index is 12.6. The standard InChI is InChI=1S/C16H15F3N2O4/c1-15(14(23)24)5-6-21(8-15)13(22)11-7-9-10(20-11)3-2-4-12(9)25-16(17,18)19/h2-4,7,20H,5-6,8H2,1H3,(H,23,24). The maximum Gasteiger partial charge on any atom is 0.573 e. The molecule has 2 aromatic rings. The lowest BCUT2D eigenvalue weighted by Crippen LogP contribution is -2.35. The Balaban J connectivity index is 1.89. The number of carbonyl (C=O) groups is 2. The van der Waals surface area contributed by atoms with Gasteiger partial charge in [-0.2, -0.15) is 0 Å². The summed E-state index contributed by atoms with van der Waals surface area (Å²) in [5, 5.41) is 9.36. The molecule has 1 amide bonds. The molecule has 1 unspecified atom stereocenters. The lowest BCUT2D eigenvalue weighted by atomic mass is 9.90. The summed E-state index contributed by atoms with van der Waals surface area (Å²) in [6, 6.07) is 5.36. The Labute approximate surface area is 140 Å². The first-order valence-electron chi connectivity index (χ1n) is 7.49. The van der Waals surface area contributed by atoms with Crippen LogP contribution in [-0.2, 0) is 4.79 Å². The number of alkyl halides is 3. The summed E-state index contributed by atoms with van der Waals surface area (Å²) in [5.41, 5.74) is -0.611. The zero-order chi connectivity index (χ0) is 18.4. The van der Waals surface area contributed by atoms with Crippen LogP contribution in [0.5, 0.6) is 5.75 Å². The number of hydrogen-bond acceptors (Lipinski definition) is 3. The van der Waals surface area contributed by atoms with E-state index in [-0.39, 0.29) is 24.2 Å². The topological polar surface area (TPSA) is 82.6 Å². The number of likely N-dealkylation sites (tertiary alicyclic amines) is 1. The van der Waals surface area contributed by atoms with Gasteiger partial charge in [-0.25, -0.2) is 0 Å². The van der Waals surface area contributed by atoms with Crippen LogP contribution in [0, 0.1) is 5.41 Å². The van der Waals surface area contributed by atoms with Gasteiger partial charge in [-0.05, 0) is 31.5 Å². The van der Waals surface area contributed by atoms with E-state index in [0.717, 1.165) is 6.07 Å². The van der Waals surface area contributed by atoms with Gasteiger partial charge in [0.1, 0.15) is 11.4 Å². The molecule has 9 heteroatoms. The Morgan fingerprint density at radius 3 is 2.68 bits per heavy atom. The molecule has 0 bridgehead atoms. The minimum atomic E-state index is -4.84. The van der Waals surface area contributed by atoms with Crippen molar-refractivity contribution in [3.05, 3.63) is 30.0 Å². The maximum atomic E-state index is 12.6. The molecule has 1 fully saturated rings. The molecule has 134 valence electrons. The van der Waals surface area contributed by atoms with Gasteiger partial charge in [0.15, 0.2) is 0 Å². The van der Waals surface area contributed by atoms with Crippen molar-refractivity contribution in [2.75, 3.05) is 13.1 Å². The molecular weight excluding hydrogens is 341 g/mol. The van der Waals surface area contributed by atoms with Crippen LogP contribution in [0.15, 0.2) is 24.3 Å². The summed E-state index contributed by atoms with van der Waals surface area (Å²) >= 11 is 0. The van der Waals surface area contributed by atoms with Crippen LogP contribution in [0.4, 0.5) is 13.2 Å². The zero-order valence-electron chi connectivity index (χ0n) is 13.2. The Bertz CT molecular complexity index is 846. The summed E-state index contributed by atoms with van der Waals surface area (Å²) in [5.74, 6) is -1.85. The van der Waals surface area contributed by atoms with Crippen molar-refractivity contribution in [1.29, 1.82) is 0 Å². The highest BCUT2D eigenvalue weighted by Gasteiger charge is 2.42. The molecule has 0 aliphatic carbocycles. The average Bonchev–Trinajstić information content (AvgIpc) is 3.10. The Hall–Kier alpha value is -2.71. The molecule has 25 heavy (non-hydrogen) atoms. The number of benzene rings is 1. The van der Waals surface area contributed by atoms with Crippen LogP contribution in [0.2, 0.25) is 0 Å². The largest absolute Gasteiger partial charge is 0.573 e. The fraction of sp³-hybridized carbons (Fsp3) is 0.375. The second kappa shape index (κ2) is 5.68. The van der Waals surface area contributed by atoms with Crippen molar-refractivity contribution in [3.8, 4) is 5.75 Å². The number of aliphatic carboxylic acids is 1. The quantitative estimate of drug-likeness (QED) is 0.886. The summed E-state index contributed by atoms with van der Waals surface area (Å²) in [6.07, 6.45) is -4.52. The van der Waals surface area contributed by atoms with Crippen LogP contribution in [0.3, 0.4) is 0 Å². The number of aromatic amines is 1. The minimum absolute atomic E-state index is 0.0441. The fourth-order valence-corrected chi connectivity index (χ4v) is 2.94. The number of aromatic nitrogens is 1. The van der Waals surface area contributed by atoms with Gasteiger partial charge in [-0.3, -0.25) is 9.59 Å². The molecule has 1 aliphatic rings. The number of nitrogens with zero attached hydrogens (tertiary/aromatic N) is 1. The normalized spacial score (nSPS) is 20.9. The van der Waals surface area contributed by atoms with Gasteiger partial charge in [0, 0.05) is 24.0 Å². The molecule has 2 heterocycles. The van der Waals surface area contributed by atoms with Crippen LogP contribution < -0.4 is 4.74 Å². The third-order valence-corrected chi connectivity index (χ3v) is 4.36. The number of ether oxygens (including phenoxy) is 1. The molecule has 6 nitrogen and oxygen atoms in total. The zero-order valence-corrected chi connectivity index (χ0v) is 13.2. The van der Waals surface area contributed by atoms with Gasteiger partial charge >= 0.3 is 12.3 Å². The van der Waals surface area contributed by atoms with Crippen molar-refractivity contribution >= 4 is 22.8 Å². The Kier molecular flexibility index (Phi) is 3.89. The van der Waals surface area contributed by atoms with Crippen LogP contribution in [0.1, 0.15) is 23.8 Å². The van der Waals surface area contributed by atoms with E-state index in [1.165, 1.54) is 23.1 Å². The molecule has 0 spiro atoms. The molecule has 1 saturated heterocycles. The number of amides is 1. The van der Waals surface area contributed by atoms with Gasteiger partial charge in [-0.15, -0.1) is 13.2 Å². The van der Waals surface area contributed by atoms with E-state index in [9.17, 15) is 27.9 Å². The fourth-order valence-electron chi connectivity index (χ4n) is 2.94. The van der Waals surface area contributed by atoms with Crippen molar-refractivity contribution < 1.29 is 32.6 Å². The number of carboxylic acid groups (broad SMARTS) is 1. The van der Waals surface area contributed by atoms with E-state index in [1.807, 2.05) is 0 Å². The number of halogens is 3. The van der Waals surface area contributed by atoms with E-state index < -0.39 is 29.4 Å². The third-order valence-electron chi connectivity index (χ3n) is 4.36. The number of rotatable bonds is 3. The van der Waals surface area contributed by atoms with E-state index >= 15 is 0 Å². The lowest BCUT2D eigenvalue weighted by molar-refractivity contribution is -0.274. The second-order valence-corrected chi connectivity index (χ2v) is 6.29. The van der Waals surface area contributed by atoms with Crippen LogP contribution in [-0.4, -0.2) is 46.3 Å². The van der Waals surface area contributed by atoms with E-state index in [4.69, 9.17) is 0 Å². The van der Waals surface area contributed by atoms with Crippen LogP contribution >= 0.6 is 0 Å². The first-order chi connectivity index (χ1) is 11.6. The number of hydrogen-bond donors (Lipinski definition) is 2. The summed E-state index contributed by atoms with van der Waals surface area (Å²) < 4.78 is 41.4. The van der Waals surface area contributed by atoms with Gasteiger partial charge < -0.3 is 19.7 Å². The minimum Gasteiger partial charge on any atom is -0.481 e. The van der Waals surface area contributed by atoms with Gasteiger partial charge in [0.2, 0.25) is 0 Å². The summed E-state index contributed by atoms with van der Waals surface area (Å²) in [4.78, 5) is 28.0. The van der Waals surface area contributed by atoms with Gasteiger partial charge in [0.05, 0.1) is 5.41 Å². The Morgan fingerprint density at radius 1 is 1.36 bits per heavy atom. The predicted octanol–water partition coefficient (Wildman–Crippen LogP) is 3.00. The smallest absolute Gasteiger partial charge is 0.481 e. The predicted molar refractivity (Wildman–Crippen MR) is 81.2 cm³/mol. The van der Waals surface area contributed by atoms with E-state index in [1.54, 1.807) is 6.92 Å². The first kappa shape index (κ1) is 17.1. The van der Waals surface area contributed by atoms with E-state index in [2.05, 4.69) is 9.72 Å². The highest BCUT2D eigenvalue weighted by Crippen LogP contribution is 2.33. The molecule has 1 aliphatic heterocycles. The van der Waals surface area contributed by atoms with Crippen molar-refractivity contribution in [1.82, 2.24) is 9.88 Å². The number of carboxylic acids is 1. The molecule has 1 aromatic carbocycles. The molecule has 0 radical (unpaired) electrons. The highest BCUT2D eigenvalue weighted by molar-refractivity contribution is 6.00. The molecule has 2 N–H and O–H groups in total. The number of H-pyrrole nitrogens is 1. The SMILES string of the molecule is CC1(C(=O)O)CCN(C(=O)c2cc3c(OC(F)(F)F)cccc3[nH]2)C1. The number of nitrogens with one attached hydrogen (secondary N) is 1. The lowest BCUT2D eigenvalue weighted by Gasteiger charge is -2.19. The van der Waals surface area contributed by atoms with Crippen molar-refractivity contribution in [3.63, 3.8) is 0 Å². The van der Waals surface area contributed by atoms with Crippen LogP contribution in [0.25, 0.3) is 10.9 Å². The van der Waals surface area contributed by atoms with Crippen molar-refractivity contribution in [2.45, 2.75) is 19.7 Å². The van der Waals surface area contributed by atoms with E-state index in [0.29, 0.717) is 11.9 Å². The average molecular weight is 356 g/mol. The second-order valence-electron chi connectivity index (χ2n) is 6.29. The van der Waals surface area contributed by atoms with Gasteiger partial charge in [-0.1, -0.05) is 6.07 Å². The third kappa shape index (κ3) is 3.26. The molecule has 1 atom stereocenters. The number of carbonyl (C=O) groups excluding carboxylic acids is 1. The molecule has 0 saturated carbocycles. The number of fused-ring (bicyclic) bond motifs is 1. The summed E-state index contributed by atoms with van der Waals surface area (Å²) in [6.45, 7) is 1.87. The van der Waals surface area contributed by atoms with Crippen molar-refractivity contribution in [2.24, 2.45) is 5.41 Å². The molecular formula is C16H15F3N2O4. The monoisotopic (exact) mass is 356 g/mol. The highest BCUT2D eigenvalue weighted by atomic mass is 19.4.